The summed E-state index contributed by atoms with van der Waals surface area (Å²) in [6.07, 6.45) is 1.56. The molecule has 0 aliphatic heterocycles. The van der Waals surface area contributed by atoms with Gasteiger partial charge in [-0.1, -0.05) is 19.4 Å². The molecule has 0 unspecified atom stereocenters. The van der Waals surface area contributed by atoms with E-state index in [4.69, 9.17) is 0 Å². The van der Waals surface area contributed by atoms with E-state index in [-0.39, 0.29) is 11.3 Å². The molecule has 0 amide bonds. The first kappa shape index (κ1) is 12.2. The summed E-state index contributed by atoms with van der Waals surface area (Å²) < 4.78 is 4.60. The van der Waals surface area contributed by atoms with Crippen LogP contribution in [0.1, 0.15) is 29.3 Å². The van der Waals surface area contributed by atoms with Gasteiger partial charge in [-0.2, -0.15) is 0 Å². The third kappa shape index (κ3) is 2.56. The first-order valence-electron chi connectivity index (χ1n) is 4.95. The van der Waals surface area contributed by atoms with Crippen LogP contribution in [-0.2, 0) is 11.2 Å². The molecule has 0 bridgehead atoms. The lowest BCUT2D eigenvalue weighted by Crippen LogP contribution is -2.06. The Morgan fingerprint density at radius 3 is 2.69 bits per heavy atom. The minimum atomic E-state index is -0.535. The molecule has 0 saturated heterocycles. The number of nitro groups is 1. The molecular weight excluding hydrogens is 210 g/mol. The molecule has 0 atom stereocenters. The number of rotatable bonds is 4. The van der Waals surface area contributed by atoms with Gasteiger partial charge in [0.25, 0.3) is 5.69 Å². The van der Waals surface area contributed by atoms with Crippen LogP contribution in [0, 0.1) is 10.1 Å². The van der Waals surface area contributed by atoms with Crippen LogP contribution < -0.4 is 0 Å². The van der Waals surface area contributed by atoms with Crippen molar-refractivity contribution in [3.05, 3.63) is 39.4 Å². The summed E-state index contributed by atoms with van der Waals surface area (Å²) in [5.41, 5.74) is 0.957. The molecule has 16 heavy (non-hydrogen) atoms. The maximum absolute atomic E-state index is 11.4. The van der Waals surface area contributed by atoms with Crippen molar-refractivity contribution in [2.75, 3.05) is 7.11 Å². The van der Waals surface area contributed by atoms with Crippen molar-refractivity contribution < 1.29 is 14.5 Å². The zero-order chi connectivity index (χ0) is 12.1. The molecule has 0 radical (unpaired) electrons. The van der Waals surface area contributed by atoms with Crippen LogP contribution in [0.15, 0.2) is 18.2 Å². The zero-order valence-corrected chi connectivity index (χ0v) is 9.23. The van der Waals surface area contributed by atoms with E-state index in [1.165, 1.54) is 19.2 Å². The Bertz CT molecular complexity index is 414. The van der Waals surface area contributed by atoms with E-state index < -0.39 is 10.9 Å². The average Bonchev–Trinajstić information content (AvgIpc) is 2.28. The monoisotopic (exact) mass is 223 g/mol. The highest BCUT2D eigenvalue weighted by Crippen LogP contribution is 2.19. The quantitative estimate of drug-likeness (QED) is 0.446. The number of carbonyl (C=O) groups is 1. The van der Waals surface area contributed by atoms with Crippen LogP contribution in [0.5, 0.6) is 0 Å². The topological polar surface area (TPSA) is 69.4 Å². The van der Waals surface area contributed by atoms with Gasteiger partial charge in [-0.15, -0.1) is 0 Å². The van der Waals surface area contributed by atoms with E-state index in [0.29, 0.717) is 6.42 Å². The van der Waals surface area contributed by atoms with E-state index >= 15 is 0 Å². The second kappa shape index (κ2) is 5.25. The van der Waals surface area contributed by atoms with Crippen molar-refractivity contribution in [2.24, 2.45) is 0 Å². The highest BCUT2D eigenvalue weighted by molar-refractivity contribution is 5.91. The van der Waals surface area contributed by atoms with Crippen LogP contribution in [-0.4, -0.2) is 18.0 Å². The summed E-state index contributed by atoms with van der Waals surface area (Å²) in [5.74, 6) is -0.535. The molecular formula is C11H13NO4. The summed E-state index contributed by atoms with van der Waals surface area (Å²) >= 11 is 0. The number of aryl methyl sites for hydroxylation is 1. The molecule has 5 nitrogen and oxygen atoms in total. The summed E-state index contributed by atoms with van der Waals surface area (Å²) in [4.78, 5) is 21.5. The van der Waals surface area contributed by atoms with Gasteiger partial charge in [-0.25, -0.2) is 4.79 Å². The number of nitrogens with zero attached hydrogens (tertiary/aromatic N) is 1. The minimum Gasteiger partial charge on any atom is -0.465 e. The average molecular weight is 223 g/mol. The summed E-state index contributed by atoms with van der Waals surface area (Å²) in [7, 11) is 1.26. The van der Waals surface area contributed by atoms with E-state index in [0.717, 1.165) is 12.0 Å². The van der Waals surface area contributed by atoms with Crippen LogP contribution in [0.2, 0.25) is 0 Å². The van der Waals surface area contributed by atoms with Gasteiger partial charge in [0.15, 0.2) is 0 Å². The fourth-order valence-corrected chi connectivity index (χ4v) is 1.47. The number of ether oxygens (including phenoxy) is 1. The molecule has 5 heteroatoms. The second-order valence-electron chi connectivity index (χ2n) is 3.34. The highest BCUT2D eigenvalue weighted by Gasteiger charge is 2.16. The number of methoxy groups -OCH3 is 1. The fraction of sp³-hybridized carbons (Fsp3) is 0.364. The first-order valence-corrected chi connectivity index (χ1v) is 4.95. The van der Waals surface area contributed by atoms with Crippen LogP contribution in [0.3, 0.4) is 0 Å². The van der Waals surface area contributed by atoms with Gasteiger partial charge >= 0.3 is 5.97 Å². The molecule has 0 N–H and O–H groups in total. The number of nitro benzene ring substituents is 1. The molecule has 0 saturated carbocycles. The van der Waals surface area contributed by atoms with Gasteiger partial charge in [0.1, 0.15) is 0 Å². The number of esters is 1. The number of hydrogen-bond acceptors (Lipinski definition) is 4. The molecule has 1 aromatic rings. The molecule has 0 spiro atoms. The second-order valence-corrected chi connectivity index (χ2v) is 3.34. The van der Waals surface area contributed by atoms with Gasteiger partial charge in [-0.3, -0.25) is 10.1 Å². The zero-order valence-electron chi connectivity index (χ0n) is 9.23. The number of non-ortho nitro benzene ring substituents is 1. The van der Waals surface area contributed by atoms with E-state index in [9.17, 15) is 14.9 Å². The van der Waals surface area contributed by atoms with Crippen molar-refractivity contribution in [3.63, 3.8) is 0 Å². The smallest absolute Gasteiger partial charge is 0.338 e. The molecule has 1 aromatic carbocycles. The predicted octanol–water partition coefficient (Wildman–Crippen LogP) is 2.33. The van der Waals surface area contributed by atoms with Gasteiger partial charge < -0.3 is 4.74 Å². The van der Waals surface area contributed by atoms with Crippen molar-refractivity contribution in [1.82, 2.24) is 0 Å². The van der Waals surface area contributed by atoms with Crippen molar-refractivity contribution in [1.29, 1.82) is 0 Å². The molecule has 1 rings (SSSR count). The van der Waals surface area contributed by atoms with Crippen LogP contribution in [0.4, 0.5) is 5.69 Å². The standard InChI is InChI=1S/C11H13NO4/c1-3-4-8-5-6-9(12(14)15)7-10(8)11(13)16-2/h5-7H,3-4H2,1-2H3. The Kier molecular flexibility index (Phi) is 3.99. The van der Waals surface area contributed by atoms with E-state index in [1.807, 2.05) is 6.92 Å². The van der Waals surface area contributed by atoms with Crippen LogP contribution in [0.25, 0.3) is 0 Å². The Morgan fingerprint density at radius 1 is 1.50 bits per heavy atom. The summed E-state index contributed by atoms with van der Waals surface area (Å²) in [5, 5.41) is 10.6. The van der Waals surface area contributed by atoms with Gasteiger partial charge in [0.2, 0.25) is 0 Å². The van der Waals surface area contributed by atoms with Gasteiger partial charge in [0, 0.05) is 12.1 Å². The number of benzene rings is 1. The molecule has 0 fully saturated rings. The molecule has 0 aromatic heterocycles. The maximum atomic E-state index is 11.4. The third-order valence-electron chi connectivity index (χ3n) is 2.23. The highest BCUT2D eigenvalue weighted by atomic mass is 16.6. The van der Waals surface area contributed by atoms with E-state index in [1.54, 1.807) is 6.07 Å². The Hall–Kier alpha value is -1.91. The van der Waals surface area contributed by atoms with Gasteiger partial charge in [-0.05, 0) is 12.0 Å². The van der Waals surface area contributed by atoms with E-state index in [2.05, 4.69) is 4.74 Å². The minimum absolute atomic E-state index is 0.0970. The number of carbonyl (C=O) groups excluding carboxylic acids is 1. The first-order chi connectivity index (χ1) is 7.60. The molecule has 0 aliphatic carbocycles. The van der Waals surface area contributed by atoms with Crippen molar-refractivity contribution >= 4 is 11.7 Å². The largest absolute Gasteiger partial charge is 0.465 e. The third-order valence-corrected chi connectivity index (χ3v) is 2.23. The van der Waals surface area contributed by atoms with Crippen LogP contribution >= 0.6 is 0 Å². The molecule has 86 valence electrons. The van der Waals surface area contributed by atoms with Crippen molar-refractivity contribution in [2.45, 2.75) is 19.8 Å². The maximum Gasteiger partial charge on any atom is 0.338 e. The lowest BCUT2D eigenvalue weighted by molar-refractivity contribution is -0.384. The van der Waals surface area contributed by atoms with Gasteiger partial charge in [0.05, 0.1) is 17.6 Å². The van der Waals surface area contributed by atoms with Crippen molar-refractivity contribution in [3.8, 4) is 0 Å². The summed E-state index contributed by atoms with van der Waals surface area (Å²) in [6, 6.07) is 4.27. The molecule has 0 heterocycles. The Morgan fingerprint density at radius 2 is 2.19 bits per heavy atom. The lowest BCUT2D eigenvalue weighted by Gasteiger charge is -2.06. The Balaban J connectivity index is 3.20. The SMILES string of the molecule is CCCc1ccc([N+](=O)[O-])cc1C(=O)OC. The lowest BCUT2D eigenvalue weighted by atomic mass is 10.0. The summed E-state index contributed by atoms with van der Waals surface area (Å²) in [6.45, 7) is 1.97. The normalized spacial score (nSPS) is 9.88. The fourth-order valence-electron chi connectivity index (χ4n) is 1.47. The Labute approximate surface area is 93.2 Å². The predicted molar refractivity (Wildman–Crippen MR) is 58.4 cm³/mol. The number of hydrogen-bond donors (Lipinski definition) is 0. The molecule has 0 aliphatic rings.